The second-order valence-corrected chi connectivity index (χ2v) is 12.9. The van der Waals surface area contributed by atoms with Gasteiger partial charge in [-0.1, -0.05) is 31.6 Å². The molecule has 2 aliphatic carbocycles. The highest BCUT2D eigenvalue weighted by atomic mass is 16.6. The third-order valence-corrected chi connectivity index (χ3v) is 8.86. The summed E-state index contributed by atoms with van der Waals surface area (Å²) in [6, 6.07) is 3.30. The Balaban J connectivity index is 0.000000213. The lowest BCUT2D eigenvalue weighted by Gasteiger charge is -2.27. The van der Waals surface area contributed by atoms with Crippen LogP contribution in [0.5, 0.6) is 5.75 Å². The summed E-state index contributed by atoms with van der Waals surface area (Å²) in [4.78, 5) is 71.9. The molecule has 256 valence electrons. The molecule has 1 saturated heterocycles. The number of allylic oxidation sites excluding steroid dienone is 2. The largest absolute Gasteiger partial charge is 0.483 e. The number of ether oxygens (including phenoxy) is 3. The number of piperidine rings is 1. The molecule has 1 saturated carbocycles. The molecule has 13 heteroatoms. The van der Waals surface area contributed by atoms with Gasteiger partial charge >= 0.3 is 6.09 Å². The Bertz CT molecular complexity index is 1380. The molecule has 47 heavy (non-hydrogen) atoms. The number of carbonyl (C=O) groups excluding carboxylic acids is 6. The predicted octanol–water partition coefficient (Wildman–Crippen LogP) is 3.25. The normalized spacial score (nSPS) is 24.0. The van der Waals surface area contributed by atoms with Crippen molar-refractivity contribution in [2.75, 3.05) is 26.4 Å². The SMILES string of the molecule is CCCCOC(C)(C)CNC(=O)OCC1C2CC/C=C/CCC21.NC(=O)COc1cccc2c1C(=O)N(C1CCC(=O)NC1=O)C2=O. The minimum Gasteiger partial charge on any atom is -0.483 e. The Hall–Kier alpha value is -4.26. The number of carbonyl (C=O) groups is 6. The number of rotatable bonds is 12. The summed E-state index contributed by atoms with van der Waals surface area (Å²) in [5.74, 6) is -1.07. The highest BCUT2D eigenvalue weighted by molar-refractivity contribution is 6.24. The van der Waals surface area contributed by atoms with Crippen molar-refractivity contribution in [2.24, 2.45) is 23.5 Å². The van der Waals surface area contributed by atoms with Gasteiger partial charge in [0.25, 0.3) is 17.7 Å². The summed E-state index contributed by atoms with van der Waals surface area (Å²) in [7, 11) is 0. The molecule has 0 aromatic heterocycles. The van der Waals surface area contributed by atoms with Crippen molar-refractivity contribution in [1.29, 1.82) is 0 Å². The van der Waals surface area contributed by atoms with Crippen LogP contribution in [0.1, 0.15) is 92.9 Å². The first-order valence-electron chi connectivity index (χ1n) is 16.4. The van der Waals surface area contributed by atoms with Crippen molar-refractivity contribution in [3.05, 3.63) is 41.5 Å². The first-order valence-corrected chi connectivity index (χ1v) is 16.4. The molecule has 4 N–H and O–H groups in total. The molecule has 2 heterocycles. The molecule has 5 rings (SSSR count). The van der Waals surface area contributed by atoms with Gasteiger partial charge in [0.1, 0.15) is 11.8 Å². The molecule has 1 aromatic rings. The minimum atomic E-state index is -1.06. The van der Waals surface area contributed by atoms with Crippen LogP contribution in [0.4, 0.5) is 4.79 Å². The van der Waals surface area contributed by atoms with E-state index in [-0.39, 0.29) is 41.4 Å². The van der Waals surface area contributed by atoms with Gasteiger partial charge in [-0.15, -0.1) is 0 Å². The average Bonchev–Trinajstić information content (AvgIpc) is 3.59. The van der Waals surface area contributed by atoms with Gasteiger partial charge in [0, 0.05) is 19.6 Å². The zero-order valence-corrected chi connectivity index (χ0v) is 27.4. The van der Waals surface area contributed by atoms with Crippen molar-refractivity contribution in [2.45, 2.75) is 83.8 Å². The van der Waals surface area contributed by atoms with Gasteiger partial charge in [-0.05, 0) is 82.3 Å². The minimum absolute atomic E-state index is 0.0200. The number of alkyl carbamates (subject to hydrolysis) is 1. The number of fused-ring (bicyclic) bond motifs is 2. The van der Waals surface area contributed by atoms with Crippen molar-refractivity contribution in [3.8, 4) is 5.75 Å². The van der Waals surface area contributed by atoms with E-state index in [0.29, 0.717) is 19.1 Å². The highest BCUT2D eigenvalue weighted by Crippen LogP contribution is 2.52. The van der Waals surface area contributed by atoms with Gasteiger partial charge in [0.05, 0.1) is 23.3 Å². The van der Waals surface area contributed by atoms with E-state index in [9.17, 15) is 28.8 Å². The maximum Gasteiger partial charge on any atom is 0.407 e. The fourth-order valence-electron chi connectivity index (χ4n) is 6.25. The van der Waals surface area contributed by atoms with Gasteiger partial charge in [0.15, 0.2) is 6.61 Å². The molecule has 1 aromatic carbocycles. The molecule has 13 nitrogen and oxygen atoms in total. The van der Waals surface area contributed by atoms with Gasteiger partial charge in [-0.2, -0.15) is 0 Å². The first-order chi connectivity index (χ1) is 22.4. The van der Waals surface area contributed by atoms with Crippen LogP contribution in [-0.2, 0) is 23.9 Å². The number of imide groups is 2. The summed E-state index contributed by atoms with van der Waals surface area (Å²) < 4.78 is 16.4. The lowest BCUT2D eigenvalue weighted by atomic mass is 10.0. The fraction of sp³-hybridized carbons (Fsp3) is 0.588. The zero-order valence-electron chi connectivity index (χ0n) is 27.4. The fourth-order valence-corrected chi connectivity index (χ4v) is 6.25. The highest BCUT2D eigenvalue weighted by Gasteiger charge is 2.49. The summed E-state index contributed by atoms with van der Waals surface area (Å²) in [6.07, 6.45) is 11.4. The predicted molar refractivity (Wildman–Crippen MR) is 170 cm³/mol. The Morgan fingerprint density at radius 1 is 1.04 bits per heavy atom. The summed E-state index contributed by atoms with van der Waals surface area (Å²) >= 11 is 0. The van der Waals surface area contributed by atoms with Crippen LogP contribution in [0.2, 0.25) is 0 Å². The molecule has 6 amide bonds. The number of nitrogens with one attached hydrogen (secondary N) is 2. The second kappa shape index (κ2) is 16.0. The Labute approximate surface area is 274 Å². The lowest BCUT2D eigenvalue weighted by Crippen LogP contribution is -2.54. The van der Waals surface area contributed by atoms with Crippen molar-refractivity contribution in [3.63, 3.8) is 0 Å². The molecule has 3 unspecified atom stereocenters. The van der Waals surface area contributed by atoms with Gasteiger partial charge in [-0.25, -0.2) is 4.79 Å². The number of unbranched alkanes of at least 4 members (excludes halogenated alkanes) is 1. The summed E-state index contributed by atoms with van der Waals surface area (Å²) in [5, 5.41) is 4.95. The summed E-state index contributed by atoms with van der Waals surface area (Å²) in [6.45, 7) is 7.48. The van der Waals surface area contributed by atoms with E-state index < -0.39 is 42.2 Å². The van der Waals surface area contributed by atoms with E-state index >= 15 is 0 Å². The zero-order chi connectivity index (χ0) is 34.1. The van der Waals surface area contributed by atoms with Crippen molar-refractivity contribution >= 4 is 35.6 Å². The molecule has 0 bridgehead atoms. The van der Waals surface area contributed by atoms with E-state index in [1.807, 2.05) is 13.8 Å². The topological polar surface area (TPSA) is 183 Å². The molecule has 3 atom stereocenters. The van der Waals surface area contributed by atoms with E-state index in [1.165, 1.54) is 43.9 Å². The van der Waals surface area contributed by atoms with Crippen LogP contribution in [0.15, 0.2) is 30.4 Å². The number of amides is 6. The molecule has 2 fully saturated rings. The molecule has 4 aliphatic rings. The van der Waals surface area contributed by atoms with Crippen molar-refractivity contribution < 1.29 is 43.0 Å². The second-order valence-electron chi connectivity index (χ2n) is 12.9. The van der Waals surface area contributed by atoms with E-state index in [4.69, 9.17) is 19.9 Å². The molecule has 2 aliphatic heterocycles. The first kappa shape index (κ1) is 35.6. The van der Waals surface area contributed by atoms with Gasteiger partial charge < -0.3 is 25.3 Å². The standard InChI is InChI=1S/C19H33NO3.C15H13N3O6/c1-4-5-12-23-19(2,3)14-20-18(21)22-13-17-15-10-8-6-7-9-11-16(15)17;16-10(19)6-24-9-3-1-2-7-12(9)15(23)18(14(7)22)8-4-5-11(20)17-13(8)21/h6-7,15-17H,4-5,8-14H2,1-3H3,(H,20,21);1-3,8H,4-6H2,(H2,16,19)(H,17,20,21)/b7-6+;. The smallest absolute Gasteiger partial charge is 0.407 e. The molecule has 0 radical (unpaired) electrons. The number of nitrogens with two attached hydrogens (primary N) is 1. The van der Waals surface area contributed by atoms with Gasteiger partial charge in [0.2, 0.25) is 11.8 Å². The Morgan fingerprint density at radius 2 is 1.74 bits per heavy atom. The third-order valence-electron chi connectivity index (χ3n) is 8.86. The van der Waals surface area contributed by atoms with E-state index in [2.05, 4.69) is 29.7 Å². The lowest BCUT2D eigenvalue weighted by molar-refractivity contribution is -0.136. The van der Waals surface area contributed by atoms with Crippen LogP contribution < -0.4 is 21.1 Å². The maximum atomic E-state index is 12.6. The van der Waals surface area contributed by atoms with Crippen LogP contribution in [0.25, 0.3) is 0 Å². The molecular formula is C34H46N4O9. The number of primary amides is 1. The van der Waals surface area contributed by atoms with E-state index in [1.54, 1.807) is 0 Å². The van der Waals surface area contributed by atoms with Crippen LogP contribution >= 0.6 is 0 Å². The monoisotopic (exact) mass is 654 g/mol. The average molecular weight is 655 g/mol. The molecular weight excluding hydrogens is 608 g/mol. The Morgan fingerprint density at radius 3 is 2.38 bits per heavy atom. The molecule has 0 spiro atoms. The third kappa shape index (κ3) is 9.40. The number of hydrogen-bond donors (Lipinski definition) is 3. The van der Waals surface area contributed by atoms with Crippen LogP contribution in [0, 0.1) is 17.8 Å². The number of hydrogen-bond acceptors (Lipinski definition) is 9. The van der Waals surface area contributed by atoms with Crippen molar-refractivity contribution in [1.82, 2.24) is 15.5 Å². The number of nitrogens with zero attached hydrogens (tertiary/aromatic N) is 1. The van der Waals surface area contributed by atoms with Crippen LogP contribution in [-0.4, -0.2) is 78.5 Å². The maximum absolute atomic E-state index is 12.6. The number of benzene rings is 1. The van der Waals surface area contributed by atoms with Crippen LogP contribution in [0.3, 0.4) is 0 Å². The van der Waals surface area contributed by atoms with E-state index in [0.717, 1.165) is 36.2 Å². The van der Waals surface area contributed by atoms with Gasteiger partial charge in [-0.3, -0.25) is 34.2 Å². The summed E-state index contributed by atoms with van der Waals surface area (Å²) in [5.41, 5.74) is 4.72. The Kier molecular flexibility index (Phi) is 12.1. The quantitative estimate of drug-likeness (QED) is 0.173.